The van der Waals surface area contributed by atoms with Crippen LogP contribution < -0.4 is 5.32 Å². The molecule has 1 aliphatic rings. The quantitative estimate of drug-likeness (QED) is 0.902. The zero-order valence-corrected chi connectivity index (χ0v) is 12.3. The molecule has 0 bridgehead atoms. The van der Waals surface area contributed by atoms with Gasteiger partial charge < -0.3 is 9.73 Å². The second-order valence-corrected chi connectivity index (χ2v) is 5.62. The van der Waals surface area contributed by atoms with E-state index in [1.165, 1.54) is 43.3 Å². The van der Waals surface area contributed by atoms with Gasteiger partial charge in [0.15, 0.2) is 0 Å². The number of hydrogen-bond acceptors (Lipinski definition) is 3. The molecule has 20 heavy (non-hydrogen) atoms. The van der Waals surface area contributed by atoms with Crippen molar-refractivity contribution in [2.24, 2.45) is 0 Å². The zero-order chi connectivity index (χ0) is 13.8. The van der Waals surface area contributed by atoms with Crippen LogP contribution in [0.3, 0.4) is 0 Å². The molecule has 2 heterocycles. The Morgan fingerprint density at radius 2 is 1.95 bits per heavy atom. The minimum Gasteiger partial charge on any atom is -0.459 e. The van der Waals surface area contributed by atoms with Crippen LogP contribution in [0.15, 0.2) is 28.7 Å². The molecule has 3 nitrogen and oxygen atoms in total. The first-order valence-corrected chi connectivity index (χ1v) is 7.81. The first-order valence-electron chi connectivity index (χ1n) is 7.81. The van der Waals surface area contributed by atoms with Gasteiger partial charge in [0.2, 0.25) is 0 Å². The van der Waals surface area contributed by atoms with Gasteiger partial charge in [-0.15, -0.1) is 0 Å². The molecule has 3 rings (SSSR count). The molecule has 0 saturated carbocycles. The van der Waals surface area contributed by atoms with E-state index < -0.39 is 0 Å². The summed E-state index contributed by atoms with van der Waals surface area (Å²) in [6.45, 7) is 7.40. The summed E-state index contributed by atoms with van der Waals surface area (Å²) in [5.74, 6) is 1.15. The number of nitrogens with one attached hydrogen (secondary N) is 1. The smallest absolute Gasteiger partial charge is 0.134 e. The normalized spacial score (nSPS) is 16.9. The van der Waals surface area contributed by atoms with E-state index in [1.807, 2.05) is 6.07 Å². The monoisotopic (exact) mass is 272 g/mol. The van der Waals surface area contributed by atoms with Crippen molar-refractivity contribution in [3.63, 3.8) is 0 Å². The van der Waals surface area contributed by atoms with Gasteiger partial charge in [0, 0.05) is 17.5 Å². The topological polar surface area (TPSA) is 28.4 Å². The molecule has 1 aromatic heterocycles. The van der Waals surface area contributed by atoms with Crippen LogP contribution in [0.4, 0.5) is 0 Å². The molecule has 0 atom stereocenters. The Kier molecular flexibility index (Phi) is 4.38. The number of rotatable bonds is 5. The van der Waals surface area contributed by atoms with Gasteiger partial charge in [-0.3, -0.25) is 4.90 Å². The highest BCUT2D eigenvalue weighted by Crippen LogP contribution is 2.27. The third-order valence-electron chi connectivity index (χ3n) is 4.15. The Bertz CT molecular complexity index is 555. The Morgan fingerprint density at radius 3 is 2.75 bits per heavy atom. The molecule has 0 spiro atoms. The summed E-state index contributed by atoms with van der Waals surface area (Å²) >= 11 is 0. The van der Waals surface area contributed by atoms with E-state index in [0.29, 0.717) is 0 Å². The van der Waals surface area contributed by atoms with Crippen molar-refractivity contribution >= 4 is 11.0 Å². The number of furan rings is 1. The summed E-state index contributed by atoms with van der Waals surface area (Å²) in [7, 11) is 0. The van der Waals surface area contributed by atoms with Crippen LogP contribution in [0.5, 0.6) is 0 Å². The van der Waals surface area contributed by atoms with Gasteiger partial charge in [0.05, 0.1) is 6.54 Å². The second kappa shape index (κ2) is 6.42. The zero-order valence-electron chi connectivity index (χ0n) is 12.3. The van der Waals surface area contributed by atoms with Gasteiger partial charge in [-0.2, -0.15) is 0 Å². The maximum Gasteiger partial charge on any atom is 0.134 e. The summed E-state index contributed by atoms with van der Waals surface area (Å²) in [4.78, 5) is 2.52. The van der Waals surface area contributed by atoms with E-state index in [2.05, 4.69) is 35.3 Å². The minimum atomic E-state index is 0.899. The van der Waals surface area contributed by atoms with Crippen LogP contribution >= 0.6 is 0 Å². The fourth-order valence-electron chi connectivity index (χ4n) is 3.04. The van der Waals surface area contributed by atoms with Crippen LogP contribution in [-0.2, 0) is 13.1 Å². The SMILES string of the molecule is CCNCc1c(CN2CCCCC2)oc2ccccc12. The van der Waals surface area contributed by atoms with Crippen LogP contribution in [0, 0.1) is 0 Å². The Balaban J connectivity index is 1.87. The van der Waals surface area contributed by atoms with E-state index in [4.69, 9.17) is 4.42 Å². The van der Waals surface area contributed by atoms with Gasteiger partial charge in [-0.25, -0.2) is 0 Å². The van der Waals surface area contributed by atoms with E-state index >= 15 is 0 Å². The molecule has 1 aliphatic heterocycles. The van der Waals surface area contributed by atoms with Crippen molar-refractivity contribution in [3.8, 4) is 0 Å². The summed E-state index contributed by atoms with van der Waals surface area (Å²) in [5.41, 5.74) is 2.36. The molecule has 1 fully saturated rings. The molecule has 3 heteroatoms. The molecular weight excluding hydrogens is 248 g/mol. The molecular formula is C17H24N2O. The fraction of sp³-hybridized carbons (Fsp3) is 0.529. The molecule has 0 unspecified atom stereocenters. The third kappa shape index (κ3) is 2.89. The molecule has 1 N–H and O–H groups in total. The largest absolute Gasteiger partial charge is 0.459 e. The number of para-hydroxylation sites is 1. The average Bonchev–Trinajstić information content (AvgIpc) is 2.83. The minimum absolute atomic E-state index is 0.899. The number of fused-ring (bicyclic) bond motifs is 1. The lowest BCUT2D eigenvalue weighted by Crippen LogP contribution is -2.29. The number of likely N-dealkylation sites (tertiary alicyclic amines) is 1. The maximum absolute atomic E-state index is 6.12. The van der Waals surface area contributed by atoms with Crippen molar-refractivity contribution in [1.29, 1.82) is 0 Å². The highest BCUT2D eigenvalue weighted by molar-refractivity contribution is 5.82. The third-order valence-corrected chi connectivity index (χ3v) is 4.15. The molecule has 0 radical (unpaired) electrons. The van der Waals surface area contributed by atoms with Gasteiger partial charge in [-0.05, 0) is 38.5 Å². The number of benzene rings is 1. The number of piperidine rings is 1. The molecule has 0 aliphatic carbocycles. The fourth-order valence-corrected chi connectivity index (χ4v) is 3.04. The van der Waals surface area contributed by atoms with E-state index in [0.717, 1.165) is 31.0 Å². The Morgan fingerprint density at radius 1 is 1.15 bits per heavy atom. The predicted octanol–water partition coefficient (Wildman–Crippen LogP) is 3.53. The van der Waals surface area contributed by atoms with Gasteiger partial charge in [0.25, 0.3) is 0 Å². The average molecular weight is 272 g/mol. The lowest BCUT2D eigenvalue weighted by atomic mass is 10.1. The lowest BCUT2D eigenvalue weighted by Gasteiger charge is -2.25. The lowest BCUT2D eigenvalue weighted by molar-refractivity contribution is 0.206. The highest BCUT2D eigenvalue weighted by atomic mass is 16.3. The Labute approximate surface area is 120 Å². The van der Waals surface area contributed by atoms with Crippen LogP contribution in [0.1, 0.15) is 37.5 Å². The summed E-state index contributed by atoms with van der Waals surface area (Å²) in [6, 6.07) is 8.39. The van der Waals surface area contributed by atoms with E-state index in [1.54, 1.807) is 0 Å². The molecule has 1 aromatic carbocycles. The van der Waals surface area contributed by atoms with Gasteiger partial charge >= 0.3 is 0 Å². The number of hydrogen-bond donors (Lipinski definition) is 1. The molecule has 1 saturated heterocycles. The summed E-state index contributed by atoms with van der Waals surface area (Å²) in [5, 5.41) is 4.71. The van der Waals surface area contributed by atoms with Gasteiger partial charge in [-0.1, -0.05) is 31.5 Å². The predicted molar refractivity (Wildman–Crippen MR) is 82.7 cm³/mol. The molecule has 108 valence electrons. The Hall–Kier alpha value is -1.32. The summed E-state index contributed by atoms with van der Waals surface area (Å²) in [6.07, 6.45) is 4.02. The van der Waals surface area contributed by atoms with Crippen LogP contribution in [0.25, 0.3) is 11.0 Å². The number of nitrogens with zero attached hydrogens (tertiary/aromatic N) is 1. The first-order chi connectivity index (χ1) is 9.88. The van der Waals surface area contributed by atoms with Crippen molar-refractivity contribution < 1.29 is 4.42 Å². The van der Waals surface area contributed by atoms with Crippen LogP contribution in [-0.4, -0.2) is 24.5 Å². The van der Waals surface area contributed by atoms with E-state index in [-0.39, 0.29) is 0 Å². The van der Waals surface area contributed by atoms with Crippen LogP contribution in [0.2, 0.25) is 0 Å². The van der Waals surface area contributed by atoms with Crippen molar-refractivity contribution in [2.45, 2.75) is 39.3 Å². The van der Waals surface area contributed by atoms with Crippen molar-refractivity contribution in [3.05, 3.63) is 35.6 Å². The second-order valence-electron chi connectivity index (χ2n) is 5.62. The standard InChI is InChI=1S/C17H24N2O/c1-2-18-12-15-14-8-4-5-9-16(14)20-17(15)13-19-10-6-3-7-11-19/h4-5,8-9,18H,2-3,6-7,10-13H2,1H3. The van der Waals surface area contributed by atoms with Crippen molar-refractivity contribution in [1.82, 2.24) is 10.2 Å². The van der Waals surface area contributed by atoms with E-state index in [9.17, 15) is 0 Å². The summed E-state index contributed by atoms with van der Waals surface area (Å²) < 4.78 is 6.12. The van der Waals surface area contributed by atoms with Crippen molar-refractivity contribution in [2.75, 3.05) is 19.6 Å². The molecule has 2 aromatic rings. The molecule has 0 amide bonds. The first kappa shape index (κ1) is 13.7. The maximum atomic E-state index is 6.12. The highest BCUT2D eigenvalue weighted by Gasteiger charge is 2.17. The van der Waals surface area contributed by atoms with Gasteiger partial charge in [0.1, 0.15) is 11.3 Å².